The molecule has 0 atom stereocenters. The van der Waals surface area contributed by atoms with Crippen LogP contribution in [0.1, 0.15) is 12.5 Å². The summed E-state index contributed by atoms with van der Waals surface area (Å²) in [6.07, 6.45) is 0. The van der Waals surface area contributed by atoms with Crippen LogP contribution in [0.25, 0.3) is 11.1 Å². The molecule has 0 amide bonds. The van der Waals surface area contributed by atoms with Crippen LogP contribution in [0.3, 0.4) is 0 Å². The summed E-state index contributed by atoms with van der Waals surface area (Å²) < 4.78 is 33.0. The monoisotopic (exact) mass is 348 g/mol. The molecule has 2 aromatic carbocycles. The van der Waals surface area contributed by atoms with Gasteiger partial charge in [0.25, 0.3) is 15.2 Å². The van der Waals surface area contributed by atoms with Gasteiger partial charge in [-0.3, -0.25) is 4.72 Å². The Balaban J connectivity index is 1.89. The van der Waals surface area contributed by atoms with E-state index in [4.69, 9.17) is 4.42 Å². The zero-order chi connectivity index (χ0) is 16.4. The third-order valence-electron chi connectivity index (χ3n) is 3.22. The second kappa shape index (κ2) is 6.25. The minimum absolute atomic E-state index is 0.225. The number of hydrogen-bond acceptors (Lipinski definition) is 5. The van der Waals surface area contributed by atoms with Crippen LogP contribution in [0, 0.1) is 6.92 Å². The van der Waals surface area contributed by atoms with Gasteiger partial charge < -0.3 is 4.42 Å². The summed E-state index contributed by atoms with van der Waals surface area (Å²) in [5, 5.41) is 0.584. The quantitative estimate of drug-likeness (QED) is 0.704. The highest BCUT2D eigenvalue weighted by Gasteiger charge is 2.15. The highest BCUT2D eigenvalue weighted by Crippen LogP contribution is 2.26. The Morgan fingerprint density at radius 3 is 2.61 bits per heavy atom. The third-order valence-corrected chi connectivity index (χ3v) is 5.33. The molecule has 1 aromatic heterocycles. The fraction of sp³-hybridized carbons (Fsp3) is 0.188. The van der Waals surface area contributed by atoms with Crippen LogP contribution in [-0.4, -0.2) is 19.2 Å². The van der Waals surface area contributed by atoms with E-state index in [0.717, 1.165) is 11.3 Å². The second-order valence-electron chi connectivity index (χ2n) is 5.01. The Bertz CT molecular complexity index is 932. The molecule has 1 heterocycles. The predicted octanol–water partition coefficient (Wildman–Crippen LogP) is 4.05. The maximum atomic E-state index is 12.4. The van der Waals surface area contributed by atoms with Crippen molar-refractivity contribution >= 4 is 38.6 Å². The van der Waals surface area contributed by atoms with Crippen LogP contribution < -0.4 is 4.72 Å². The maximum absolute atomic E-state index is 12.4. The summed E-state index contributed by atoms with van der Waals surface area (Å²) in [6, 6.07) is 11.8. The summed E-state index contributed by atoms with van der Waals surface area (Å²) in [6.45, 7) is 3.92. The van der Waals surface area contributed by atoms with Crippen LogP contribution in [0.15, 0.2) is 57.0 Å². The summed E-state index contributed by atoms with van der Waals surface area (Å²) in [4.78, 5) is 4.55. The lowest BCUT2D eigenvalue weighted by Crippen LogP contribution is -2.12. The molecule has 7 heteroatoms. The number of thioether (sulfide) groups is 1. The summed E-state index contributed by atoms with van der Waals surface area (Å²) >= 11 is 1.50. The van der Waals surface area contributed by atoms with Crippen molar-refractivity contribution in [2.75, 3.05) is 10.5 Å². The first kappa shape index (κ1) is 15.9. The van der Waals surface area contributed by atoms with Gasteiger partial charge in [0.1, 0.15) is 5.52 Å². The van der Waals surface area contributed by atoms with Crippen molar-refractivity contribution in [3.05, 3.63) is 48.0 Å². The van der Waals surface area contributed by atoms with Crippen molar-refractivity contribution < 1.29 is 12.8 Å². The van der Waals surface area contributed by atoms with E-state index in [1.165, 1.54) is 11.8 Å². The molecule has 5 nitrogen and oxygen atoms in total. The van der Waals surface area contributed by atoms with Crippen molar-refractivity contribution in [1.82, 2.24) is 4.98 Å². The van der Waals surface area contributed by atoms with Gasteiger partial charge in [0.15, 0.2) is 5.58 Å². The van der Waals surface area contributed by atoms with Gasteiger partial charge in [-0.2, -0.15) is 0 Å². The van der Waals surface area contributed by atoms with E-state index < -0.39 is 10.0 Å². The Morgan fingerprint density at radius 2 is 1.91 bits per heavy atom. The highest BCUT2D eigenvalue weighted by molar-refractivity contribution is 7.99. The normalized spacial score (nSPS) is 11.7. The molecule has 1 N–H and O–H groups in total. The fourth-order valence-corrected chi connectivity index (χ4v) is 3.69. The van der Waals surface area contributed by atoms with Crippen molar-refractivity contribution in [2.24, 2.45) is 0 Å². The Kier molecular flexibility index (Phi) is 4.32. The number of fused-ring (bicyclic) bond motifs is 1. The van der Waals surface area contributed by atoms with Gasteiger partial charge in [-0.25, -0.2) is 13.4 Å². The molecule has 0 saturated carbocycles. The number of nitrogens with zero attached hydrogens (tertiary/aromatic N) is 1. The standard InChI is InChI=1S/C16H16N2O3S2/c1-3-22-16-17-14-9-6-12(10-15(14)21-16)18-23(19,20)13-7-4-11(2)5-8-13/h4-10,18H,3H2,1-2H3. The van der Waals surface area contributed by atoms with Crippen LogP contribution in [0.2, 0.25) is 0 Å². The number of nitrogens with one attached hydrogen (secondary N) is 1. The van der Waals surface area contributed by atoms with E-state index in [1.807, 2.05) is 13.8 Å². The van der Waals surface area contributed by atoms with Crippen LogP contribution in [0.4, 0.5) is 5.69 Å². The van der Waals surface area contributed by atoms with E-state index in [-0.39, 0.29) is 4.90 Å². The average molecular weight is 348 g/mol. The molecule has 0 aliphatic rings. The maximum Gasteiger partial charge on any atom is 0.261 e. The zero-order valence-corrected chi connectivity index (χ0v) is 14.4. The number of hydrogen-bond donors (Lipinski definition) is 1. The van der Waals surface area contributed by atoms with Gasteiger partial charge in [0.2, 0.25) is 0 Å². The highest BCUT2D eigenvalue weighted by atomic mass is 32.2. The average Bonchev–Trinajstić information content (AvgIpc) is 2.89. The molecule has 0 radical (unpaired) electrons. The topological polar surface area (TPSA) is 72.2 Å². The lowest BCUT2D eigenvalue weighted by molar-refractivity contribution is 0.490. The molecule has 120 valence electrons. The van der Waals surface area contributed by atoms with Gasteiger partial charge in [-0.05, 0) is 36.9 Å². The third kappa shape index (κ3) is 3.51. The Labute approximate surface area is 139 Å². The number of aromatic nitrogens is 1. The van der Waals surface area contributed by atoms with Crippen LogP contribution in [-0.2, 0) is 10.0 Å². The van der Waals surface area contributed by atoms with E-state index in [9.17, 15) is 8.42 Å². The van der Waals surface area contributed by atoms with Gasteiger partial charge in [-0.15, -0.1) is 0 Å². The number of benzene rings is 2. The van der Waals surface area contributed by atoms with Crippen molar-refractivity contribution in [1.29, 1.82) is 0 Å². The van der Waals surface area contributed by atoms with Crippen LogP contribution in [0.5, 0.6) is 0 Å². The molecule has 3 aromatic rings. The molecule has 0 spiro atoms. The molecular formula is C16H16N2O3S2. The molecule has 3 rings (SSSR count). The van der Waals surface area contributed by atoms with Crippen molar-refractivity contribution in [2.45, 2.75) is 24.0 Å². The summed E-state index contributed by atoms with van der Waals surface area (Å²) in [5.41, 5.74) is 2.72. The lowest BCUT2D eigenvalue weighted by Gasteiger charge is -2.08. The largest absolute Gasteiger partial charge is 0.431 e. The zero-order valence-electron chi connectivity index (χ0n) is 12.7. The minimum Gasteiger partial charge on any atom is -0.431 e. The summed E-state index contributed by atoms with van der Waals surface area (Å²) in [5.74, 6) is 0.861. The van der Waals surface area contributed by atoms with E-state index in [2.05, 4.69) is 9.71 Å². The molecule has 0 fully saturated rings. The second-order valence-corrected chi connectivity index (χ2v) is 7.91. The minimum atomic E-state index is -3.62. The number of aryl methyl sites for hydroxylation is 1. The molecule has 0 bridgehead atoms. The van der Waals surface area contributed by atoms with E-state index >= 15 is 0 Å². The Morgan fingerprint density at radius 1 is 1.17 bits per heavy atom. The van der Waals surface area contributed by atoms with E-state index in [0.29, 0.717) is 22.0 Å². The summed E-state index contributed by atoms with van der Waals surface area (Å²) in [7, 11) is -3.62. The first-order valence-electron chi connectivity index (χ1n) is 7.11. The number of sulfonamides is 1. The molecule has 0 unspecified atom stereocenters. The number of oxazole rings is 1. The predicted molar refractivity (Wildman–Crippen MR) is 92.4 cm³/mol. The van der Waals surface area contributed by atoms with Gasteiger partial charge >= 0.3 is 0 Å². The van der Waals surface area contributed by atoms with E-state index in [1.54, 1.807) is 42.5 Å². The fourth-order valence-electron chi connectivity index (χ4n) is 2.08. The lowest BCUT2D eigenvalue weighted by atomic mass is 10.2. The molecule has 23 heavy (non-hydrogen) atoms. The van der Waals surface area contributed by atoms with Gasteiger partial charge in [0.05, 0.1) is 10.6 Å². The smallest absolute Gasteiger partial charge is 0.261 e. The van der Waals surface area contributed by atoms with Gasteiger partial charge in [-0.1, -0.05) is 36.4 Å². The first-order valence-corrected chi connectivity index (χ1v) is 9.58. The molecular weight excluding hydrogens is 332 g/mol. The number of anilines is 1. The molecule has 0 saturated heterocycles. The molecule has 0 aliphatic heterocycles. The van der Waals surface area contributed by atoms with Crippen molar-refractivity contribution in [3.63, 3.8) is 0 Å². The first-order chi connectivity index (χ1) is 11.0. The van der Waals surface area contributed by atoms with Crippen molar-refractivity contribution in [3.8, 4) is 0 Å². The van der Waals surface area contributed by atoms with Gasteiger partial charge in [0, 0.05) is 6.07 Å². The molecule has 0 aliphatic carbocycles. The van der Waals surface area contributed by atoms with Crippen LogP contribution >= 0.6 is 11.8 Å². The Hall–Kier alpha value is -1.99. The SMILES string of the molecule is CCSc1nc2ccc(NS(=O)(=O)c3ccc(C)cc3)cc2o1. The number of rotatable bonds is 5.